The van der Waals surface area contributed by atoms with Crippen molar-refractivity contribution in [3.05, 3.63) is 11.3 Å². The van der Waals surface area contributed by atoms with Gasteiger partial charge in [0.2, 0.25) is 0 Å². The lowest BCUT2D eigenvalue weighted by molar-refractivity contribution is 1.57. The number of allylic oxidation sites excluding steroid dienone is 2. The van der Waals surface area contributed by atoms with E-state index in [9.17, 15) is 0 Å². The monoisotopic (exact) mass is 188 g/mol. The van der Waals surface area contributed by atoms with Gasteiger partial charge in [-0.1, -0.05) is 6.08 Å². The first kappa shape index (κ1) is 8.83. The van der Waals surface area contributed by atoms with Gasteiger partial charge < -0.3 is 0 Å². The molecule has 0 nitrogen and oxygen atoms in total. The lowest BCUT2D eigenvalue weighted by Gasteiger charge is -2.05. The standard InChI is InChI=1S/C4H7Cl3Si/c1-3-4(2)8(5,6)7/h3H,1-2H3. The average molecular weight is 190 g/mol. The number of hydrogen-bond donors (Lipinski definition) is 0. The molecule has 0 saturated carbocycles. The van der Waals surface area contributed by atoms with Gasteiger partial charge in [-0.15, -0.1) is 33.2 Å². The van der Waals surface area contributed by atoms with E-state index in [0.717, 1.165) is 5.20 Å². The summed E-state index contributed by atoms with van der Waals surface area (Å²) >= 11 is 16.8. The minimum atomic E-state index is -2.48. The van der Waals surface area contributed by atoms with Crippen LogP contribution in [-0.2, 0) is 0 Å². The van der Waals surface area contributed by atoms with E-state index in [1.165, 1.54) is 0 Å². The zero-order chi connectivity index (χ0) is 6.78. The van der Waals surface area contributed by atoms with E-state index in [0.29, 0.717) is 0 Å². The maximum absolute atomic E-state index is 5.59. The zero-order valence-corrected chi connectivity index (χ0v) is 7.98. The van der Waals surface area contributed by atoms with Crippen LogP contribution in [0.15, 0.2) is 11.3 Å². The molecule has 8 heavy (non-hydrogen) atoms. The Bertz CT molecular complexity index is 102. The largest absolute Gasteiger partial charge is 0.368 e. The summed E-state index contributed by atoms with van der Waals surface area (Å²) in [5.41, 5.74) is 0. The van der Waals surface area contributed by atoms with Crippen molar-refractivity contribution in [2.24, 2.45) is 0 Å². The highest BCUT2D eigenvalue weighted by Gasteiger charge is 2.26. The Balaban J connectivity index is 4.03. The van der Waals surface area contributed by atoms with Crippen LogP contribution in [0.1, 0.15) is 13.8 Å². The van der Waals surface area contributed by atoms with Gasteiger partial charge in [0, 0.05) is 0 Å². The van der Waals surface area contributed by atoms with E-state index in [-0.39, 0.29) is 0 Å². The van der Waals surface area contributed by atoms with Crippen LogP contribution in [0.25, 0.3) is 0 Å². The molecule has 0 atom stereocenters. The highest BCUT2D eigenvalue weighted by Crippen LogP contribution is 2.27. The lowest BCUT2D eigenvalue weighted by Crippen LogP contribution is -2.10. The van der Waals surface area contributed by atoms with E-state index in [1.807, 2.05) is 19.9 Å². The average Bonchev–Trinajstić information content (AvgIpc) is 1.62. The van der Waals surface area contributed by atoms with Crippen LogP contribution >= 0.6 is 33.2 Å². The smallest absolute Gasteiger partial charge is 0.121 e. The molecule has 48 valence electrons. The Morgan fingerprint density at radius 2 is 1.75 bits per heavy atom. The third kappa shape index (κ3) is 2.97. The van der Waals surface area contributed by atoms with Crippen molar-refractivity contribution in [2.75, 3.05) is 0 Å². The van der Waals surface area contributed by atoms with E-state index >= 15 is 0 Å². The fourth-order valence-electron chi connectivity index (χ4n) is 0.164. The summed E-state index contributed by atoms with van der Waals surface area (Å²) in [5, 5.41) is 0.891. The van der Waals surface area contributed by atoms with Crippen molar-refractivity contribution in [1.82, 2.24) is 0 Å². The maximum Gasteiger partial charge on any atom is 0.368 e. The van der Waals surface area contributed by atoms with Crippen molar-refractivity contribution in [3.8, 4) is 0 Å². The summed E-state index contributed by atoms with van der Waals surface area (Å²) in [5.74, 6) is 0. The molecule has 0 N–H and O–H groups in total. The SMILES string of the molecule is CC=C(C)[Si](Cl)(Cl)Cl. The van der Waals surface area contributed by atoms with Gasteiger partial charge in [0.15, 0.2) is 0 Å². The Kier molecular flexibility index (Phi) is 3.43. The number of rotatable bonds is 1. The molecular weight excluding hydrogens is 182 g/mol. The fraction of sp³-hybridized carbons (Fsp3) is 0.500. The van der Waals surface area contributed by atoms with Gasteiger partial charge in [-0.05, 0) is 19.0 Å². The van der Waals surface area contributed by atoms with Gasteiger partial charge in [0.25, 0.3) is 0 Å². The second kappa shape index (κ2) is 3.11. The van der Waals surface area contributed by atoms with E-state index in [2.05, 4.69) is 0 Å². The van der Waals surface area contributed by atoms with Crippen LogP contribution in [0.5, 0.6) is 0 Å². The summed E-state index contributed by atoms with van der Waals surface area (Å²) in [6, 6.07) is -2.48. The molecule has 0 aliphatic carbocycles. The third-order valence-corrected chi connectivity index (χ3v) is 4.75. The highest BCUT2D eigenvalue weighted by molar-refractivity contribution is 7.67. The molecule has 0 aromatic heterocycles. The fourth-order valence-corrected chi connectivity index (χ4v) is 1.47. The predicted molar refractivity (Wildman–Crippen MR) is 42.7 cm³/mol. The summed E-state index contributed by atoms with van der Waals surface area (Å²) < 4.78 is 0. The lowest BCUT2D eigenvalue weighted by atomic mass is 10.6. The molecule has 0 aromatic rings. The number of halogens is 3. The first-order valence-electron chi connectivity index (χ1n) is 2.18. The van der Waals surface area contributed by atoms with Gasteiger partial charge in [0.1, 0.15) is 0 Å². The summed E-state index contributed by atoms with van der Waals surface area (Å²) in [6.45, 7) is 3.70. The van der Waals surface area contributed by atoms with Crippen LogP contribution in [0.2, 0.25) is 0 Å². The Labute approximate surface area is 64.6 Å². The first-order valence-corrected chi connectivity index (χ1v) is 7.22. The number of hydrogen-bond acceptors (Lipinski definition) is 0. The minimum absolute atomic E-state index is 0.891. The Morgan fingerprint density at radius 3 is 1.75 bits per heavy atom. The van der Waals surface area contributed by atoms with Gasteiger partial charge >= 0.3 is 6.00 Å². The molecule has 0 aliphatic rings. The third-order valence-electron chi connectivity index (χ3n) is 0.880. The summed E-state index contributed by atoms with van der Waals surface area (Å²) in [7, 11) is 0. The van der Waals surface area contributed by atoms with Gasteiger partial charge in [-0.25, -0.2) is 0 Å². The van der Waals surface area contributed by atoms with Crippen LogP contribution in [-0.4, -0.2) is 6.00 Å². The van der Waals surface area contributed by atoms with Crippen molar-refractivity contribution < 1.29 is 0 Å². The van der Waals surface area contributed by atoms with Crippen LogP contribution in [0.3, 0.4) is 0 Å². The van der Waals surface area contributed by atoms with Crippen molar-refractivity contribution in [3.63, 3.8) is 0 Å². The molecule has 0 rings (SSSR count). The van der Waals surface area contributed by atoms with Crippen LogP contribution in [0, 0.1) is 0 Å². The Morgan fingerprint density at radius 1 is 1.38 bits per heavy atom. The van der Waals surface area contributed by atoms with Crippen LogP contribution < -0.4 is 0 Å². The Hall–Kier alpha value is 0.827. The molecule has 0 aliphatic heterocycles. The maximum atomic E-state index is 5.59. The minimum Gasteiger partial charge on any atom is -0.121 e. The van der Waals surface area contributed by atoms with Crippen molar-refractivity contribution >= 4 is 39.2 Å². The topological polar surface area (TPSA) is 0 Å². The molecule has 0 radical (unpaired) electrons. The molecule has 0 amide bonds. The van der Waals surface area contributed by atoms with Gasteiger partial charge in [0.05, 0.1) is 0 Å². The highest BCUT2D eigenvalue weighted by atomic mass is 35.8. The van der Waals surface area contributed by atoms with E-state index in [1.54, 1.807) is 0 Å². The molecule has 0 aromatic carbocycles. The summed E-state index contributed by atoms with van der Waals surface area (Å²) in [6.07, 6.45) is 1.83. The molecule has 4 heteroatoms. The molecule has 0 spiro atoms. The molecule has 0 heterocycles. The molecule has 0 fully saturated rings. The second-order valence-corrected chi connectivity index (χ2v) is 10.1. The van der Waals surface area contributed by atoms with Crippen molar-refractivity contribution in [1.29, 1.82) is 0 Å². The van der Waals surface area contributed by atoms with Gasteiger partial charge in [-0.2, -0.15) is 0 Å². The zero-order valence-electron chi connectivity index (χ0n) is 4.71. The van der Waals surface area contributed by atoms with Crippen molar-refractivity contribution in [2.45, 2.75) is 13.8 Å². The second-order valence-electron chi connectivity index (χ2n) is 1.47. The quantitative estimate of drug-likeness (QED) is 0.439. The molecule has 0 bridgehead atoms. The van der Waals surface area contributed by atoms with Gasteiger partial charge in [-0.3, -0.25) is 0 Å². The molecular formula is C4H7Cl3Si. The molecule has 0 unspecified atom stereocenters. The molecule has 0 saturated heterocycles. The summed E-state index contributed by atoms with van der Waals surface area (Å²) in [4.78, 5) is 0. The van der Waals surface area contributed by atoms with E-state index in [4.69, 9.17) is 33.2 Å². The van der Waals surface area contributed by atoms with E-state index < -0.39 is 6.00 Å². The normalized spacial score (nSPS) is 14.4. The first-order chi connectivity index (χ1) is 3.48. The van der Waals surface area contributed by atoms with Crippen LogP contribution in [0.4, 0.5) is 0 Å². The predicted octanol–water partition coefficient (Wildman–Crippen LogP) is 3.15.